The maximum atomic E-state index is 11.9. The van der Waals surface area contributed by atoms with Crippen molar-refractivity contribution in [2.45, 2.75) is 54.6 Å². The average molecular weight is 265 g/mol. The molecular weight excluding hydrogens is 246 g/mol. The zero-order valence-corrected chi connectivity index (χ0v) is 11.2. The van der Waals surface area contributed by atoms with Gasteiger partial charge in [0.2, 0.25) is 0 Å². The summed E-state index contributed by atoms with van der Waals surface area (Å²) in [4.78, 5) is 4.29. The van der Waals surface area contributed by atoms with E-state index in [1.165, 1.54) is 0 Å². The summed E-state index contributed by atoms with van der Waals surface area (Å²) < 4.78 is 11.9. The molecule has 1 aromatic rings. The summed E-state index contributed by atoms with van der Waals surface area (Å²) in [7, 11) is -0.689. The third kappa shape index (κ3) is 2.36. The van der Waals surface area contributed by atoms with E-state index in [4.69, 9.17) is 0 Å². The van der Waals surface area contributed by atoms with Crippen LogP contribution in [0.1, 0.15) is 37.8 Å². The average Bonchev–Trinajstić information content (AvgIpc) is 2.62. The van der Waals surface area contributed by atoms with E-state index in [0.29, 0.717) is 12.8 Å². The van der Waals surface area contributed by atoms with Crippen molar-refractivity contribution in [3.05, 3.63) is 30.1 Å². The van der Waals surface area contributed by atoms with Gasteiger partial charge < -0.3 is 5.11 Å². The van der Waals surface area contributed by atoms with Crippen LogP contribution >= 0.6 is 0 Å². The van der Waals surface area contributed by atoms with Crippen LogP contribution in [0.5, 0.6) is 0 Å². The SMILES string of the molecule is O=S1C2CCC1CC(O)(CCc1ccccn1)C2. The van der Waals surface area contributed by atoms with Crippen LogP contribution in [-0.2, 0) is 17.2 Å². The topological polar surface area (TPSA) is 50.2 Å². The highest BCUT2D eigenvalue weighted by Gasteiger charge is 2.47. The fourth-order valence-electron chi connectivity index (χ4n) is 3.29. The van der Waals surface area contributed by atoms with Crippen LogP contribution in [0.25, 0.3) is 0 Å². The van der Waals surface area contributed by atoms with Gasteiger partial charge in [-0.3, -0.25) is 9.19 Å². The van der Waals surface area contributed by atoms with Gasteiger partial charge in [0.05, 0.1) is 5.60 Å². The summed E-state index contributed by atoms with van der Waals surface area (Å²) >= 11 is 0. The molecule has 2 aliphatic rings. The molecule has 2 fully saturated rings. The number of rotatable bonds is 3. The summed E-state index contributed by atoms with van der Waals surface area (Å²) in [6.45, 7) is 0. The van der Waals surface area contributed by atoms with Gasteiger partial charge in [-0.1, -0.05) is 6.07 Å². The lowest BCUT2D eigenvalue weighted by molar-refractivity contribution is 0.0144. The first kappa shape index (κ1) is 12.3. The highest BCUT2D eigenvalue weighted by atomic mass is 32.2. The minimum Gasteiger partial charge on any atom is -0.390 e. The molecule has 2 unspecified atom stereocenters. The van der Waals surface area contributed by atoms with Crippen LogP contribution in [0, 0.1) is 0 Å². The van der Waals surface area contributed by atoms with E-state index < -0.39 is 16.4 Å². The highest BCUT2D eigenvalue weighted by molar-refractivity contribution is 7.86. The standard InChI is InChI=1S/C14H19NO2S/c16-14(7-6-11-3-1-2-8-15-11)9-12-4-5-13(10-14)18(12)17/h1-3,8,12-13,16H,4-7,9-10H2. The molecule has 18 heavy (non-hydrogen) atoms. The molecule has 0 spiro atoms. The molecule has 4 heteroatoms. The van der Waals surface area contributed by atoms with E-state index in [0.717, 1.165) is 31.4 Å². The van der Waals surface area contributed by atoms with Crippen molar-refractivity contribution in [2.24, 2.45) is 0 Å². The van der Waals surface area contributed by atoms with Crippen LogP contribution < -0.4 is 0 Å². The molecule has 98 valence electrons. The molecule has 0 saturated carbocycles. The Balaban J connectivity index is 1.64. The Bertz CT molecular complexity index is 432. The van der Waals surface area contributed by atoms with E-state index in [-0.39, 0.29) is 10.5 Å². The maximum Gasteiger partial charge on any atom is 0.0674 e. The lowest BCUT2D eigenvalue weighted by Crippen LogP contribution is -2.42. The summed E-state index contributed by atoms with van der Waals surface area (Å²) in [5.74, 6) is 0. The zero-order valence-electron chi connectivity index (χ0n) is 10.4. The molecule has 1 aromatic heterocycles. The molecule has 3 heterocycles. The Labute approximate surface area is 110 Å². The Morgan fingerprint density at radius 3 is 2.67 bits per heavy atom. The second kappa shape index (κ2) is 4.74. The number of hydrogen-bond acceptors (Lipinski definition) is 3. The Hall–Kier alpha value is -0.740. The molecule has 0 amide bonds. The lowest BCUT2D eigenvalue weighted by Gasteiger charge is -2.35. The third-order valence-corrected chi connectivity index (χ3v) is 6.37. The first-order valence-corrected chi connectivity index (χ1v) is 7.96. The molecule has 3 nitrogen and oxygen atoms in total. The fourth-order valence-corrected chi connectivity index (χ4v) is 5.52. The van der Waals surface area contributed by atoms with E-state index in [1.807, 2.05) is 18.2 Å². The van der Waals surface area contributed by atoms with Crippen molar-refractivity contribution in [1.82, 2.24) is 4.98 Å². The molecule has 3 rings (SSSR count). The molecule has 2 aliphatic heterocycles. The van der Waals surface area contributed by atoms with Gasteiger partial charge >= 0.3 is 0 Å². The van der Waals surface area contributed by atoms with Crippen molar-refractivity contribution >= 4 is 10.8 Å². The maximum absolute atomic E-state index is 11.9. The van der Waals surface area contributed by atoms with Crippen molar-refractivity contribution in [1.29, 1.82) is 0 Å². The summed E-state index contributed by atoms with van der Waals surface area (Å²) in [6, 6.07) is 5.88. The van der Waals surface area contributed by atoms with Crippen LogP contribution in [0.15, 0.2) is 24.4 Å². The summed E-state index contributed by atoms with van der Waals surface area (Å²) in [5, 5.41) is 11.1. The number of aryl methyl sites for hydroxylation is 1. The lowest BCUT2D eigenvalue weighted by atomic mass is 9.88. The van der Waals surface area contributed by atoms with Gasteiger partial charge in [-0.25, -0.2) is 0 Å². The second-order valence-electron chi connectivity index (χ2n) is 5.60. The Morgan fingerprint density at radius 1 is 1.33 bits per heavy atom. The number of nitrogens with zero attached hydrogens (tertiary/aromatic N) is 1. The van der Waals surface area contributed by atoms with Gasteiger partial charge in [-0.15, -0.1) is 0 Å². The van der Waals surface area contributed by atoms with E-state index in [2.05, 4.69) is 4.98 Å². The molecular formula is C14H19NO2S. The van der Waals surface area contributed by atoms with E-state index >= 15 is 0 Å². The van der Waals surface area contributed by atoms with Crippen molar-refractivity contribution in [2.75, 3.05) is 0 Å². The first-order valence-electron chi connectivity index (χ1n) is 6.68. The Kier molecular flexibility index (Phi) is 3.24. The highest BCUT2D eigenvalue weighted by Crippen LogP contribution is 2.42. The van der Waals surface area contributed by atoms with Crippen molar-refractivity contribution in [3.8, 4) is 0 Å². The van der Waals surface area contributed by atoms with Crippen LogP contribution in [-0.4, -0.2) is 30.4 Å². The predicted octanol–water partition coefficient (Wildman–Crippen LogP) is 1.82. The van der Waals surface area contributed by atoms with Gasteiger partial charge in [0.15, 0.2) is 0 Å². The number of pyridine rings is 1. The predicted molar refractivity (Wildman–Crippen MR) is 71.7 cm³/mol. The van der Waals surface area contributed by atoms with Gasteiger partial charge in [-0.05, 0) is 50.7 Å². The fraction of sp³-hybridized carbons (Fsp3) is 0.643. The van der Waals surface area contributed by atoms with Crippen LogP contribution in [0.4, 0.5) is 0 Å². The Morgan fingerprint density at radius 2 is 2.06 bits per heavy atom. The zero-order chi connectivity index (χ0) is 12.6. The molecule has 0 radical (unpaired) electrons. The molecule has 2 atom stereocenters. The van der Waals surface area contributed by atoms with E-state index in [1.54, 1.807) is 6.20 Å². The summed E-state index contributed by atoms with van der Waals surface area (Å²) in [6.07, 6.45) is 6.83. The van der Waals surface area contributed by atoms with Crippen molar-refractivity contribution < 1.29 is 9.32 Å². The number of fused-ring (bicyclic) bond motifs is 2. The van der Waals surface area contributed by atoms with Gasteiger partial charge in [0.1, 0.15) is 0 Å². The molecule has 0 aliphatic carbocycles. The van der Waals surface area contributed by atoms with Gasteiger partial charge in [0.25, 0.3) is 0 Å². The van der Waals surface area contributed by atoms with Gasteiger partial charge in [-0.2, -0.15) is 0 Å². The second-order valence-corrected chi connectivity index (χ2v) is 7.59. The minimum absolute atomic E-state index is 0.234. The third-order valence-electron chi connectivity index (χ3n) is 4.26. The smallest absolute Gasteiger partial charge is 0.0674 e. The van der Waals surface area contributed by atoms with Crippen LogP contribution in [0.3, 0.4) is 0 Å². The quantitative estimate of drug-likeness (QED) is 0.907. The van der Waals surface area contributed by atoms with Gasteiger partial charge in [0, 0.05) is 33.2 Å². The summed E-state index contributed by atoms with van der Waals surface area (Å²) in [5.41, 5.74) is 0.419. The number of aliphatic hydroxyl groups is 1. The van der Waals surface area contributed by atoms with E-state index in [9.17, 15) is 9.32 Å². The monoisotopic (exact) mass is 265 g/mol. The first-order chi connectivity index (χ1) is 8.66. The molecule has 0 aromatic carbocycles. The number of hydrogen-bond donors (Lipinski definition) is 1. The number of aromatic nitrogens is 1. The molecule has 2 bridgehead atoms. The van der Waals surface area contributed by atoms with Crippen molar-refractivity contribution in [3.63, 3.8) is 0 Å². The molecule has 1 N–H and O–H groups in total. The molecule has 2 saturated heterocycles. The minimum atomic E-state index is -0.689. The van der Waals surface area contributed by atoms with Crippen LogP contribution in [0.2, 0.25) is 0 Å². The normalized spacial score (nSPS) is 38.8. The largest absolute Gasteiger partial charge is 0.390 e.